The largest absolute Gasteiger partial charge is 0.507 e. The summed E-state index contributed by atoms with van der Waals surface area (Å²) in [6, 6.07) is 6.31. The van der Waals surface area contributed by atoms with Crippen LogP contribution in [0.2, 0.25) is 0 Å². The highest BCUT2D eigenvalue weighted by Gasteiger charge is 2.11. The third kappa shape index (κ3) is 2.10. The van der Waals surface area contributed by atoms with Gasteiger partial charge in [-0.25, -0.2) is 4.98 Å². The Morgan fingerprint density at radius 3 is 2.87 bits per heavy atom. The lowest BCUT2D eigenvalue weighted by Crippen LogP contribution is -2.11. The SMILES string of the molecule is O=C(Nc1ncns1)c1ccccc1O. The number of aromatic hydroxyl groups is 1. The Morgan fingerprint density at radius 2 is 2.20 bits per heavy atom. The van der Waals surface area contributed by atoms with Gasteiger partial charge < -0.3 is 5.11 Å². The van der Waals surface area contributed by atoms with E-state index in [0.717, 1.165) is 11.5 Å². The van der Waals surface area contributed by atoms with E-state index in [1.807, 2.05) is 0 Å². The van der Waals surface area contributed by atoms with Gasteiger partial charge in [0.05, 0.1) is 5.56 Å². The van der Waals surface area contributed by atoms with E-state index in [2.05, 4.69) is 14.7 Å². The molecule has 1 aromatic carbocycles. The maximum absolute atomic E-state index is 11.6. The molecule has 0 aliphatic heterocycles. The highest BCUT2D eigenvalue weighted by atomic mass is 32.1. The second-order valence-electron chi connectivity index (χ2n) is 2.72. The van der Waals surface area contributed by atoms with Crippen LogP contribution in [0, 0.1) is 0 Å². The summed E-state index contributed by atoms with van der Waals surface area (Å²) in [6.45, 7) is 0. The standard InChI is InChI=1S/C9H7N3O2S/c13-7-4-2-1-3-6(7)8(14)12-9-10-5-11-15-9/h1-5,13H,(H,10,11,12,14). The van der Waals surface area contributed by atoms with Crippen LogP contribution in [0.1, 0.15) is 10.4 Å². The zero-order chi connectivity index (χ0) is 10.7. The van der Waals surface area contributed by atoms with Crippen LogP contribution < -0.4 is 5.32 Å². The summed E-state index contributed by atoms with van der Waals surface area (Å²) in [5.41, 5.74) is 0.215. The molecule has 1 heterocycles. The molecule has 0 saturated carbocycles. The first kappa shape index (κ1) is 9.60. The molecule has 76 valence electrons. The van der Waals surface area contributed by atoms with E-state index in [1.165, 1.54) is 18.5 Å². The molecule has 0 aliphatic carbocycles. The van der Waals surface area contributed by atoms with Crippen LogP contribution in [0.25, 0.3) is 0 Å². The first-order chi connectivity index (χ1) is 7.27. The number of nitrogens with zero attached hydrogens (tertiary/aromatic N) is 2. The van der Waals surface area contributed by atoms with Gasteiger partial charge in [-0.15, -0.1) is 0 Å². The van der Waals surface area contributed by atoms with E-state index in [4.69, 9.17) is 0 Å². The van der Waals surface area contributed by atoms with E-state index in [1.54, 1.807) is 12.1 Å². The summed E-state index contributed by atoms with van der Waals surface area (Å²) in [5.74, 6) is -0.454. The van der Waals surface area contributed by atoms with Crippen LogP contribution in [0.4, 0.5) is 5.13 Å². The molecule has 0 saturated heterocycles. The molecule has 0 spiro atoms. The molecule has 2 aromatic rings. The minimum atomic E-state index is -0.398. The number of hydrogen-bond acceptors (Lipinski definition) is 5. The van der Waals surface area contributed by atoms with Crippen molar-refractivity contribution in [1.82, 2.24) is 9.36 Å². The fourth-order valence-electron chi connectivity index (χ4n) is 1.06. The average molecular weight is 221 g/mol. The number of carbonyl (C=O) groups is 1. The molecule has 0 atom stereocenters. The van der Waals surface area contributed by atoms with Gasteiger partial charge in [-0.1, -0.05) is 12.1 Å². The van der Waals surface area contributed by atoms with Gasteiger partial charge in [0.2, 0.25) is 5.13 Å². The fraction of sp³-hybridized carbons (Fsp3) is 0. The molecule has 5 nitrogen and oxygen atoms in total. The summed E-state index contributed by atoms with van der Waals surface area (Å²) in [4.78, 5) is 15.4. The highest BCUT2D eigenvalue weighted by molar-refractivity contribution is 7.09. The molecule has 0 bridgehead atoms. The topological polar surface area (TPSA) is 75.1 Å². The molecule has 15 heavy (non-hydrogen) atoms. The Balaban J connectivity index is 2.19. The van der Waals surface area contributed by atoms with E-state index >= 15 is 0 Å². The Morgan fingerprint density at radius 1 is 1.40 bits per heavy atom. The zero-order valence-electron chi connectivity index (χ0n) is 7.54. The third-order valence-electron chi connectivity index (χ3n) is 1.73. The number of anilines is 1. The number of benzene rings is 1. The maximum atomic E-state index is 11.6. The quantitative estimate of drug-likeness (QED) is 0.805. The van der Waals surface area contributed by atoms with Crippen molar-refractivity contribution in [1.29, 1.82) is 0 Å². The average Bonchev–Trinajstić information content (AvgIpc) is 2.71. The number of hydrogen-bond donors (Lipinski definition) is 2. The summed E-state index contributed by atoms with van der Waals surface area (Å²) >= 11 is 1.08. The summed E-state index contributed by atoms with van der Waals surface area (Å²) in [7, 11) is 0. The molecule has 0 radical (unpaired) electrons. The zero-order valence-corrected chi connectivity index (χ0v) is 8.36. The van der Waals surface area contributed by atoms with Crippen molar-refractivity contribution in [2.24, 2.45) is 0 Å². The number of phenols is 1. The molecular weight excluding hydrogens is 214 g/mol. The number of phenolic OH excluding ortho intramolecular Hbond substituents is 1. The van der Waals surface area contributed by atoms with Gasteiger partial charge in [0.1, 0.15) is 12.1 Å². The molecule has 6 heteroatoms. The first-order valence-electron chi connectivity index (χ1n) is 4.13. The number of para-hydroxylation sites is 1. The van der Waals surface area contributed by atoms with Gasteiger partial charge in [0.15, 0.2) is 0 Å². The molecule has 2 rings (SSSR count). The van der Waals surface area contributed by atoms with Gasteiger partial charge in [0, 0.05) is 11.5 Å². The van der Waals surface area contributed by atoms with Gasteiger partial charge >= 0.3 is 0 Å². The lowest BCUT2D eigenvalue weighted by molar-refractivity contribution is 0.102. The highest BCUT2D eigenvalue weighted by Crippen LogP contribution is 2.17. The van der Waals surface area contributed by atoms with E-state index in [0.29, 0.717) is 5.13 Å². The minimum absolute atomic E-state index is 0.0560. The Bertz CT molecular complexity index is 470. The number of rotatable bonds is 2. The van der Waals surface area contributed by atoms with Crippen LogP contribution in [0.5, 0.6) is 5.75 Å². The summed E-state index contributed by atoms with van der Waals surface area (Å²) in [5, 5.41) is 12.3. The second kappa shape index (κ2) is 4.05. The molecule has 1 aromatic heterocycles. The van der Waals surface area contributed by atoms with Crippen molar-refractivity contribution < 1.29 is 9.90 Å². The van der Waals surface area contributed by atoms with Crippen LogP contribution in [0.15, 0.2) is 30.6 Å². The van der Waals surface area contributed by atoms with Crippen LogP contribution in [-0.4, -0.2) is 20.4 Å². The van der Waals surface area contributed by atoms with Crippen molar-refractivity contribution >= 4 is 22.6 Å². The molecule has 0 aliphatic rings. The summed E-state index contributed by atoms with van der Waals surface area (Å²) in [6.07, 6.45) is 1.35. The molecule has 1 amide bonds. The van der Waals surface area contributed by atoms with Gasteiger partial charge in [0.25, 0.3) is 5.91 Å². The van der Waals surface area contributed by atoms with Gasteiger partial charge in [-0.2, -0.15) is 4.37 Å². The van der Waals surface area contributed by atoms with Gasteiger partial charge in [-0.05, 0) is 12.1 Å². The number of amides is 1. The van der Waals surface area contributed by atoms with Crippen molar-refractivity contribution in [3.63, 3.8) is 0 Å². The normalized spacial score (nSPS) is 9.87. The van der Waals surface area contributed by atoms with Crippen molar-refractivity contribution in [3.8, 4) is 5.75 Å². The third-order valence-corrected chi connectivity index (χ3v) is 2.31. The second-order valence-corrected chi connectivity index (χ2v) is 3.50. The Hall–Kier alpha value is -1.95. The minimum Gasteiger partial charge on any atom is -0.507 e. The molecule has 0 fully saturated rings. The predicted molar refractivity (Wildman–Crippen MR) is 56.0 cm³/mol. The lowest BCUT2D eigenvalue weighted by atomic mass is 10.2. The monoisotopic (exact) mass is 221 g/mol. The van der Waals surface area contributed by atoms with Crippen molar-refractivity contribution in [2.75, 3.05) is 5.32 Å². The van der Waals surface area contributed by atoms with E-state index in [9.17, 15) is 9.90 Å². The van der Waals surface area contributed by atoms with Crippen LogP contribution in [-0.2, 0) is 0 Å². The number of aromatic nitrogens is 2. The van der Waals surface area contributed by atoms with E-state index in [-0.39, 0.29) is 11.3 Å². The Kier molecular flexibility index (Phi) is 2.59. The maximum Gasteiger partial charge on any atom is 0.261 e. The predicted octanol–water partition coefficient (Wildman–Crippen LogP) is 1.50. The summed E-state index contributed by atoms with van der Waals surface area (Å²) < 4.78 is 3.74. The van der Waals surface area contributed by atoms with Crippen LogP contribution in [0.3, 0.4) is 0 Å². The van der Waals surface area contributed by atoms with Crippen molar-refractivity contribution in [2.45, 2.75) is 0 Å². The number of carbonyl (C=O) groups excluding carboxylic acids is 1. The fourth-order valence-corrected chi connectivity index (χ4v) is 1.49. The van der Waals surface area contributed by atoms with Gasteiger partial charge in [-0.3, -0.25) is 10.1 Å². The first-order valence-corrected chi connectivity index (χ1v) is 4.91. The Labute approximate surface area is 89.6 Å². The molecule has 0 unspecified atom stereocenters. The van der Waals surface area contributed by atoms with Crippen molar-refractivity contribution in [3.05, 3.63) is 36.2 Å². The number of nitrogens with one attached hydrogen (secondary N) is 1. The van der Waals surface area contributed by atoms with Crippen LogP contribution >= 0.6 is 11.5 Å². The lowest BCUT2D eigenvalue weighted by Gasteiger charge is -2.02. The molecular formula is C9H7N3O2S. The van der Waals surface area contributed by atoms with E-state index < -0.39 is 5.91 Å². The smallest absolute Gasteiger partial charge is 0.261 e. The molecule has 2 N–H and O–H groups in total.